The highest BCUT2D eigenvalue weighted by Gasteiger charge is 2.20. The predicted octanol–water partition coefficient (Wildman–Crippen LogP) is 5.06. The van der Waals surface area contributed by atoms with Crippen molar-refractivity contribution in [2.45, 2.75) is 34.2 Å². The van der Waals surface area contributed by atoms with Gasteiger partial charge in [0.05, 0.1) is 11.2 Å². The summed E-state index contributed by atoms with van der Waals surface area (Å²) in [5, 5.41) is 1.12. The van der Waals surface area contributed by atoms with Crippen molar-refractivity contribution in [2.75, 3.05) is 27.2 Å². The van der Waals surface area contributed by atoms with Crippen LogP contribution in [0.3, 0.4) is 0 Å². The Bertz CT molecular complexity index is 1040. The SMILES string of the molecule is Cc1cccc(-c2nc3c(C)cccc3cc2CN(CCN(C)C)C(=O)C(C)C)c1. The van der Waals surface area contributed by atoms with Crippen molar-refractivity contribution < 1.29 is 4.79 Å². The molecular weight excluding hydrogens is 370 g/mol. The van der Waals surface area contributed by atoms with Crippen LogP contribution in [0.4, 0.5) is 0 Å². The summed E-state index contributed by atoms with van der Waals surface area (Å²) < 4.78 is 0. The van der Waals surface area contributed by atoms with Crippen LogP contribution in [0.15, 0.2) is 48.5 Å². The molecule has 0 atom stereocenters. The largest absolute Gasteiger partial charge is 0.337 e. The molecule has 0 bridgehead atoms. The van der Waals surface area contributed by atoms with Gasteiger partial charge in [-0.2, -0.15) is 0 Å². The smallest absolute Gasteiger partial charge is 0.225 e. The summed E-state index contributed by atoms with van der Waals surface area (Å²) in [4.78, 5) is 22.1. The summed E-state index contributed by atoms with van der Waals surface area (Å²) in [6, 6.07) is 16.9. The number of benzene rings is 2. The van der Waals surface area contributed by atoms with E-state index >= 15 is 0 Å². The number of amides is 1. The molecule has 0 N–H and O–H groups in total. The number of aromatic nitrogens is 1. The average Bonchev–Trinajstić information content (AvgIpc) is 2.70. The molecule has 0 unspecified atom stereocenters. The molecule has 4 nitrogen and oxygen atoms in total. The monoisotopic (exact) mass is 403 g/mol. The molecule has 3 aromatic rings. The van der Waals surface area contributed by atoms with Crippen molar-refractivity contribution in [3.63, 3.8) is 0 Å². The fourth-order valence-electron chi connectivity index (χ4n) is 3.71. The molecule has 158 valence electrons. The normalized spacial score (nSPS) is 11.5. The van der Waals surface area contributed by atoms with Crippen LogP contribution < -0.4 is 0 Å². The quantitative estimate of drug-likeness (QED) is 0.553. The number of hydrogen-bond donors (Lipinski definition) is 0. The highest BCUT2D eigenvalue weighted by atomic mass is 16.2. The van der Waals surface area contributed by atoms with Gasteiger partial charge < -0.3 is 9.80 Å². The van der Waals surface area contributed by atoms with Gasteiger partial charge in [-0.05, 0) is 51.2 Å². The van der Waals surface area contributed by atoms with Crippen molar-refractivity contribution >= 4 is 16.8 Å². The van der Waals surface area contributed by atoms with Gasteiger partial charge >= 0.3 is 0 Å². The van der Waals surface area contributed by atoms with E-state index in [4.69, 9.17) is 4.98 Å². The maximum absolute atomic E-state index is 13.0. The summed E-state index contributed by atoms with van der Waals surface area (Å²) in [6.07, 6.45) is 0. The summed E-state index contributed by atoms with van der Waals surface area (Å²) in [6.45, 7) is 10.2. The molecule has 0 spiro atoms. The summed E-state index contributed by atoms with van der Waals surface area (Å²) in [5.41, 5.74) is 6.54. The Balaban J connectivity index is 2.11. The van der Waals surface area contributed by atoms with E-state index in [1.807, 2.05) is 32.8 Å². The van der Waals surface area contributed by atoms with E-state index in [1.54, 1.807) is 0 Å². The lowest BCUT2D eigenvalue weighted by Gasteiger charge is -2.27. The molecule has 4 heteroatoms. The second-order valence-corrected chi connectivity index (χ2v) is 8.73. The predicted molar refractivity (Wildman–Crippen MR) is 125 cm³/mol. The highest BCUT2D eigenvalue weighted by molar-refractivity contribution is 5.86. The lowest BCUT2D eigenvalue weighted by atomic mass is 10.00. The first kappa shape index (κ1) is 22.0. The third-order valence-corrected chi connectivity index (χ3v) is 5.40. The van der Waals surface area contributed by atoms with E-state index in [0.717, 1.165) is 39.8 Å². The van der Waals surface area contributed by atoms with Crippen LogP contribution in [0.25, 0.3) is 22.2 Å². The third-order valence-electron chi connectivity index (χ3n) is 5.40. The number of carbonyl (C=O) groups is 1. The first-order chi connectivity index (χ1) is 14.3. The van der Waals surface area contributed by atoms with Gasteiger partial charge in [0, 0.05) is 36.5 Å². The van der Waals surface area contributed by atoms with E-state index in [1.165, 1.54) is 5.56 Å². The van der Waals surface area contributed by atoms with Gasteiger partial charge in [0.1, 0.15) is 0 Å². The molecule has 2 aromatic carbocycles. The number of pyridine rings is 1. The van der Waals surface area contributed by atoms with Gasteiger partial charge in [0.15, 0.2) is 0 Å². The molecule has 0 saturated heterocycles. The maximum Gasteiger partial charge on any atom is 0.225 e. The molecule has 1 aromatic heterocycles. The Kier molecular flexibility index (Phi) is 6.88. The second kappa shape index (κ2) is 9.40. The van der Waals surface area contributed by atoms with Crippen LogP contribution in [-0.2, 0) is 11.3 Å². The lowest BCUT2D eigenvalue weighted by molar-refractivity contribution is -0.135. The number of fused-ring (bicyclic) bond motifs is 1. The van der Waals surface area contributed by atoms with Gasteiger partial charge in [0.25, 0.3) is 0 Å². The van der Waals surface area contributed by atoms with Crippen molar-refractivity contribution in [1.82, 2.24) is 14.8 Å². The molecular formula is C26H33N3O. The minimum absolute atomic E-state index is 0.0368. The minimum atomic E-state index is -0.0368. The van der Waals surface area contributed by atoms with Crippen LogP contribution in [0, 0.1) is 19.8 Å². The van der Waals surface area contributed by atoms with Crippen molar-refractivity contribution in [3.05, 3.63) is 65.2 Å². The van der Waals surface area contributed by atoms with Gasteiger partial charge in [-0.25, -0.2) is 4.98 Å². The Hall–Kier alpha value is -2.72. The first-order valence-electron chi connectivity index (χ1n) is 10.7. The van der Waals surface area contributed by atoms with Gasteiger partial charge in [-0.15, -0.1) is 0 Å². The van der Waals surface area contributed by atoms with Gasteiger partial charge in [0.2, 0.25) is 5.91 Å². The fourth-order valence-corrected chi connectivity index (χ4v) is 3.71. The highest BCUT2D eigenvalue weighted by Crippen LogP contribution is 2.29. The van der Waals surface area contributed by atoms with Crippen LogP contribution >= 0.6 is 0 Å². The summed E-state index contributed by atoms with van der Waals surface area (Å²) in [5.74, 6) is 0.140. The number of likely N-dealkylation sites (N-methyl/N-ethyl adjacent to an activating group) is 1. The van der Waals surface area contributed by atoms with Crippen molar-refractivity contribution in [2.24, 2.45) is 5.92 Å². The number of carbonyl (C=O) groups excluding carboxylic acids is 1. The molecule has 30 heavy (non-hydrogen) atoms. The Labute approximate surface area is 180 Å². The van der Waals surface area contributed by atoms with E-state index < -0.39 is 0 Å². The number of rotatable bonds is 7. The maximum atomic E-state index is 13.0. The zero-order valence-electron chi connectivity index (χ0n) is 19.1. The van der Waals surface area contributed by atoms with Gasteiger partial charge in [-0.3, -0.25) is 4.79 Å². The standard InChI is InChI=1S/C26H33N3O/c1-18(2)26(30)29(14-13-28(5)6)17-23-16-22-12-8-10-20(4)24(22)27-25(23)21-11-7-9-19(3)15-21/h7-12,15-16,18H,13-14,17H2,1-6H3. The summed E-state index contributed by atoms with van der Waals surface area (Å²) >= 11 is 0. The summed E-state index contributed by atoms with van der Waals surface area (Å²) in [7, 11) is 4.08. The van der Waals surface area contributed by atoms with Gasteiger partial charge in [-0.1, -0.05) is 55.8 Å². The Morgan fingerprint density at radius 2 is 1.73 bits per heavy atom. The molecule has 0 radical (unpaired) electrons. The third kappa shape index (κ3) is 5.06. The van der Waals surface area contributed by atoms with Crippen LogP contribution in [-0.4, -0.2) is 47.9 Å². The van der Waals surface area contributed by atoms with E-state index in [-0.39, 0.29) is 11.8 Å². The Morgan fingerprint density at radius 1 is 1.00 bits per heavy atom. The molecule has 0 aliphatic rings. The van der Waals surface area contributed by atoms with E-state index in [9.17, 15) is 4.79 Å². The molecule has 1 amide bonds. The minimum Gasteiger partial charge on any atom is -0.337 e. The van der Waals surface area contributed by atoms with Crippen LogP contribution in [0.1, 0.15) is 30.5 Å². The van der Waals surface area contributed by atoms with Crippen molar-refractivity contribution in [1.29, 1.82) is 0 Å². The van der Waals surface area contributed by atoms with E-state index in [2.05, 4.69) is 67.3 Å². The Morgan fingerprint density at radius 3 is 2.40 bits per heavy atom. The number of hydrogen-bond acceptors (Lipinski definition) is 3. The number of para-hydroxylation sites is 1. The number of aryl methyl sites for hydroxylation is 2. The van der Waals surface area contributed by atoms with Crippen molar-refractivity contribution in [3.8, 4) is 11.3 Å². The molecule has 0 aliphatic carbocycles. The van der Waals surface area contributed by atoms with Crippen LogP contribution in [0.5, 0.6) is 0 Å². The molecule has 0 saturated carbocycles. The zero-order valence-corrected chi connectivity index (χ0v) is 19.1. The lowest BCUT2D eigenvalue weighted by Crippen LogP contribution is -2.38. The average molecular weight is 404 g/mol. The molecule has 0 fully saturated rings. The molecule has 3 rings (SSSR count). The zero-order chi connectivity index (χ0) is 21.8. The molecule has 0 aliphatic heterocycles. The number of nitrogens with zero attached hydrogens (tertiary/aromatic N) is 3. The first-order valence-corrected chi connectivity index (χ1v) is 10.7. The van der Waals surface area contributed by atoms with Crippen LogP contribution in [0.2, 0.25) is 0 Å². The fraction of sp³-hybridized carbons (Fsp3) is 0.385. The molecule has 1 heterocycles. The second-order valence-electron chi connectivity index (χ2n) is 8.73. The van der Waals surface area contributed by atoms with E-state index in [0.29, 0.717) is 13.1 Å². The topological polar surface area (TPSA) is 36.4 Å².